The standard InChI is InChI=1S/C18H22N6S/c1-14-10-20-17(25-14)12-22-18(19-2)21-11-15-6-3-4-7-16(15)13-24-9-5-8-23-24/h3-10H,11-13H2,1-2H3,(H2,19,21,22). The molecule has 0 radical (unpaired) electrons. The van der Waals surface area contributed by atoms with Crippen molar-refractivity contribution in [1.82, 2.24) is 25.4 Å². The van der Waals surface area contributed by atoms with Crippen molar-refractivity contribution in [3.8, 4) is 0 Å². The summed E-state index contributed by atoms with van der Waals surface area (Å²) >= 11 is 1.69. The van der Waals surface area contributed by atoms with Crippen LogP contribution in [0.25, 0.3) is 0 Å². The van der Waals surface area contributed by atoms with Crippen molar-refractivity contribution in [2.75, 3.05) is 7.05 Å². The van der Waals surface area contributed by atoms with Gasteiger partial charge in [0.2, 0.25) is 0 Å². The van der Waals surface area contributed by atoms with Crippen molar-refractivity contribution < 1.29 is 0 Å². The molecule has 25 heavy (non-hydrogen) atoms. The van der Waals surface area contributed by atoms with Crippen LogP contribution >= 0.6 is 11.3 Å². The Kier molecular flexibility index (Phi) is 5.79. The Morgan fingerprint density at radius 2 is 1.96 bits per heavy atom. The van der Waals surface area contributed by atoms with Gasteiger partial charge in [-0.2, -0.15) is 5.10 Å². The van der Waals surface area contributed by atoms with Gasteiger partial charge >= 0.3 is 0 Å². The summed E-state index contributed by atoms with van der Waals surface area (Å²) in [5.74, 6) is 0.766. The molecule has 0 spiro atoms. The Morgan fingerprint density at radius 3 is 2.64 bits per heavy atom. The molecule has 3 rings (SSSR count). The predicted molar refractivity (Wildman–Crippen MR) is 102 cm³/mol. The Bertz CT molecular complexity index is 822. The molecule has 0 aliphatic heterocycles. The highest BCUT2D eigenvalue weighted by molar-refractivity contribution is 7.11. The summed E-state index contributed by atoms with van der Waals surface area (Å²) in [6.45, 7) is 4.20. The van der Waals surface area contributed by atoms with Gasteiger partial charge in [-0.05, 0) is 24.1 Å². The van der Waals surface area contributed by atoms with Crippen molar-refractivity contribution in [3.63, 3.8) is 0 Å². The first-order chi connectivity index (χ1) is 12.2. The third-order valence-corrected chi connectivity index (χ3v) is 4.67. The first-order valence-corrected chi connectivity index (χ1v) is 8.96. The molecular weight excluding hydrogens is 332 g/mol. The Balaban J connectivity index is 1.58. The molecule has 0 aliphatic rings. The van der Waals surface area contributed by atoms with E-state index >= 15 is 0 Å². The van der Waals surface area contributed by atoms with Crippen LogP contribution in [-0.4, -0.2) is 27.8 Å². The molecular formula is C18H22N6S. The number of aryl methyl sites for hydroxylation is 1. The molecule has 0 fully saturated rings. The number of aromatic nitrogens is 3. The molecule has 3 aromatic rings. The van der Waals surface area contributed by atoms with Gasteiger partial charge in [-0.3, -0.25) is 9.67 Å². The Labute approximate surface area is 151 Å². The molecule has 2 aromatic heterocycles. The zero-order valence-corrected chi connectivity index (χ0v) is 15.3. The highest BCUT2D eigenvalue weighted by Crippen LogP contribution is 2.11. The van der Waals surface area contributed by atoms with Crippen molar-refractivity contribution in [1.29, 1.82) is 0 Å². The summed E-state index contributed by atoms with van der Waals surface area (Å²) in [4.78, 5) is 9.86. The lowest BCUT2D eigenvalue weighted by Gasteiger charge is -2.14. The first kappa shape index (κ1) is 17.2. The van der Waals surface area contributed by atoms with Gasteiger partial charge in [0, 0.05) is 37.1 Å². The van der Waals surface area contributed by atoms with Crippen molar-refractivity contribution in [2.45, 2.75) is 26.6 Å². The maximum atomic E-state index is 4.36. The summed E-state index contributed by atoms with van der Waals surface area (Å²) in [6.07, 6.45) is 5.66. The number of hydrogen-bond acceptors (Lipinski definition) is 4. The van der Waals surface area contributed by atoms with E-state index in [1.165, 1.54) is 16.0 Å². The van der Waals surface area contributed by atoms with Gasteiger partial charge in [-0.1, -0.05) is 24.3 Å². The lowest BCUT2D eigenvalue weighted by atomic mass is 10.1. The second-order valence-electron chi connectivity index (χ2n) is 5.62. The molecule has 130 valence electrons. The van der Waals surface area contributed by atoms with E-state index in [-0.39, 0.29) is 0 Å². The molecule has 6 nitrogen and oxygen atoms in total. The zero-order valence-electron chi connectivity index (χ0n) is 14.4. The van der Waals surface area contributed by atoms with Crippen LogP contribution in [0.3, 0.4) is 0 Å². The summed E-state index contributed by atoms with van der Waals surface area (Å²) in [7, 11) is 1.78. The van der Waals surface area contributed by atoms with Crippen LogP contribution < -0.4 is 10.6 Å². The van der Waals surface area contributed by atoms with E-state index in [0.29, 0.717) is 13.1 Å². The van der Waals surface area contributed by atoms with E-state index in [4.69, 9.17) is 0 Å². The first-order valence-electron chi connectivity index (χ1n) is 8.14. The largest absolute Gasteiger partial charge is 0.352 e. The van der Waals surface area contributed by atoms with Crippen molar-refractivity contribution in [2.24, 2.45) is 4.99 Å². The fourth-order valence-corrected chi connectivity index (χ4v) is 3.22. The van der Waals surface area contributed by atoms with Gasteiger partial charge in [0.15, 0.2) is 5.96 Å². The topological polar surface area (TPSA) is 67.1 Å². The fraction of sp³-hybridized carbons (Fsp3) is 0.278. The fourth-order valence-electron chi connectivity index (χ4n) is 2.49. The van der Waals surface area contributed by atoms with E-state index in [1.807, 2.05) is 23.1 Å². The number of hydrogen-bond donors (Lipinski definition) is 2. The molecule has 0 atom stereocenters. The molecule has 0 bridgehead atoms. The maximum Gasteiger partial charge on any atom is 0.191 e. The minimum Gasteiger partial charge on any atom is -0.352 e. The SMILES string of the molecule is CN=C(NCc1ncc(C)s1)NCc1ccccc1Cn1cccn1. The van der Waals surface area contributed by atoms with Crippen LogP contribution in [-0.2, 0) is 19.6 Å². The van der Waals surface area contributed by atoms with E-state index in [0.717, 1.165) is 17.5 Å². The third kappa shape index (κ3) is 4.90. The normalized spacial score (nSPS) is 11.5. The maximum absolute atomic E-state index is 4.36. The van der Waals surface area contributed by atoms with Crippen LogP contribution in [0.2, 0.25) is 0 Å². The molecule has 0 unspecified atom stereocenters. The van der Waals surface area contributed by atoms with Gasteiger partial charge in [-0.25, -0.2) is 4.98 Å². The molecule has 7 heteroatoms. The average Bonchev–Trinajstić information content (AvgIpc) is 3.28. The Hall–Kier alpha value is -2.67. The number of nitrogens with one attached hydrogen (secondary N) is 2. The van der Waals surface area contributed by atoms with E-state index < -0.39 is 0 Å². The molecule has 2 N–H and O–H groups in total. The molecule has 0 aliphatic carbocycles. The summed E-state index contributed by atoms with van der Waals surface area (Å²) in [5, 5.41) is 12.0. The number of thiazole rings is 1. The molecule has 1 aromatic carbocycles. The monoisotopic (exact) mass is 354 g/mol. The van der Waals surface area contributed by atoms with E-state index in [1.54, 1.807) is 24.6 Å². The molecule has 2 heterocycles. The smallest absolute Gasteiger partial charge is 0.191 e. The summed E-state index contributed by atoms with van der Waals surface area (Å²) < 4.78 is 1.93. The van der Waals surface area contributed by atoms with Gasteiger partial charge in [0.05, 0.1) is 13.1 Å². The van der Waals surface area contributed by atoms with Crippen molar-refractivity contribution in [3.05, 3.63) is 69.9 Å². The van der Waals surface area contributed by atoms with Crippen molar-refractivity contribution >= 4 is 17.3 Å². The minimum atomic E-state index is 0.674. The minimum absolute atomic E-state index is 0.674. The summed E-state index contributed by atoms with van der Waals surface area (Å²) in [6, 6.07) is 10.3. The molecule has 0 amide bonds. The van der Waals surface area contributed by atoms with Crippen LogP contribution in [0, 0.1) is 6.92 Å². The average molecular weight is 354 g/mol. The van der Waals surface area contributed by atoms with Gasteiger partial charge in [0.25, 0.3) is 0 Å². The number of benzene rings is 1. The lowest BCUT2D eigenvalue weighted by molar-refractivity contribution is 0.677. The highest BCUT2D eigenvalue weighted by atomic mass is 32.1. The molecule has 0 saturated heterocycles. The van der Waals surface area contributed by atoms with Crippen LogP contribution in [0.4, 0.5) is 0 Å². The second-order valence-corrected chi connectivity index (χ2v) is 6.94. The van der Waals surface area contributed by atoms with E-state index in [2.05, 4.69) is 56.9 Å². The van der Waals surface area contributed by atoms with Crippen LogP contribution in [0.15, 0.2) is 53.9 Å². The predicted octanol–water partition coefficient (Wildman–Crippen LogP) is 2.56. The lowest BCUT2D eigenvalue weighted by Crippen LogP contribution is -2.36. The number of guanidine groups is 1. The molecule has 0 saturated carbocycles. The number of rotatable bonds is 6. The Morgan fingerprint density at radius 1 is 1.16 bits per heavy atom. The van der Waals surface area contributed by atoms with Gasteiger partial charge in [-0.15, -0.1) is 11.3 Å². The highest BCUT2D eigenvalue weighted by Gasteiger charge is 2.05. The quantitative estimate of drug-likeness (QED) is 0.527. The number of aliphatic imine (C=N–C) groups is 1. The summed E-state index contributed by atoms with van der Waals surface area (Å²) in [5.41, 5.74) is 2.47. The zero-order chi connectivity index (χ0) is 17.5. The van der Waals surface area contributed by atoms with Gasteiger partial charge in [0.1, 0.15) is 5.01 Å². The van der Waals surface area contributed by atoms with Gasteiger partial charge < -0.3 is 10.6 Å². The van der Waals surface area contributed by atoms with E-state index in [9.17, 15) is 0 Å². The van der Waals surface area contributed by atoms with Crippen LogP contribution in [0.1, 0.15) is 21.0 Å². The third-order valence-electron chi connectivity index (χ3n) is 3.76. The second kappa shape index (κ2) is 8.43. The number of nitrogens with zero attached hydrogens (tertiary/aromatic N) is 4. The van der Waals surface area contributed by atoms with Crippen LogP contribution in [0.5, 0.6) is 0 Å².